The summed E-state index contributed by atoms with van der Waals surface area (Å²) in [6, 6.07) is 0. The van der Waals surface area contributed by atoms with Gasteiger partial charge in [0, 0.05) is 7.05 Å². The second-order valence-electron chi connectivity index (χ2n) is 2.47. The molecule has 1 aromatic rings. The molecular formula is C6H10N6O. The van der Waals surface area contributed by atoms with Crippen LogP contribution in [0.15, 0.2) is 4.99 Å². The number of carbonyl (C=O) groups is 1. The minimum Gasteiger partial charge on any atom is -0.370 e. The normalized spacial score (nSPS) is 9.69. The number of guanidine groups is 1. The molecule has 0 aliphatic rings. The molecule has 0 saturated heterocycles. The Labute approximate surface area is 74.5 Å². The van der Waals surface area contributed by atoms with Crippen LogP contribution in [0.1, 0.15) is 16.4 Å². The molecule has 7 nitrogen and oxygen atoms in total. The summed E-state index contributed by atoms with van der Waals surface area (Å²) in [5.74, 6) is -0.145. The molecule has 1 rings (SSSR count). The van der Waals surface area contributed by atoms with Crippen molar-refractivity contribution >= 4 is 11.9 Å². The fourth-order valence-corrected chi connectivity index (χ4v) is 0.761. The van der Waals surface area contributed by atoms with Gasteiger partial charge in [-0.05, 0) is 6.92 Å². The number of hydrogen-bond acceptors (Lipinski definition) is 3. The van der Waals surface area contributed by atoms with Crippen LogP contribution in [-0.2, 0) is 7.05 Å². The van der Waals surface area contributed by atoms with Crippen LogP contribution in [0.3, 0.4) is 0 Å². The number of aromatic nitrogens is 3. The Morgan fingerprint density at radius 2 is 2.08 bits per heavy atom. The molecule has 0 aromatic carbocycles. The van der Waals surface area contributed by atoms with E-state index >= 15 is 0 Å². The summed E-state index contributed by atoms with van der Waals surface area (Å²) in [6.07, 6.45) is 0. The lowest BCUT2D eigenvalue weighted by atomic mass is 10.5. The molecule has 70 valence electrons. The topological polar surface area (TPSA) is 112 Å². The van der Waals surface area contributed by atoms with E-state index in [1.54, 1.807) is 14.0 Å². The zero-order valence-corrected chi connectivity index (χ0v) is 7.35. The molecule has 0 unspecified atom stereocenters. The fourth-order valence-electron chi connectivity index (χ4n) is 0.761. The molecule has 0 aliphatic heterocycles. The van der Waals surface area contributed by atoms with E-state index in [9.17, 15) is 4.79 Å². The predicted octanol–water partition coefficient (Wildman–Crippen LogP) is -1.46. The summed E-state index contributed by atoms with van der Waals surface area (Å²) in [5, 5.41) is 7.30. The summed E-state index contributed by atoms with van der Waals surface area (Å²) >= 11 is 0. The van der Waals surface area contributed by atoms with E-state index < -0.39 is 5.91 Å². The maximum Gasteiger partial charge on any atom is 0.318 e. The zero-order valence-electron chi connectivity index (χ0n) is 7.35. The van der Waals surface area contributed by atoms with Crippen LogP contribution in [0.4, 0.5) is 0 Å². The van der Waals surface area contributed by atoms with Gasteiger partial charge in [0.15, 0.2) is 5.96 Å². The number of aliphatic imine (C=N–C) groups is 1. The summed E-state index contributed by atoms with van der Waals surface area (Å²) < 4.78 is 1.51. The molecule has 0 radical (unpaired) electrons. The minimum absolute atomic E-state index is 0.117. The average Bonchev–Trinajstić information content (AvgIpc) is 2.31. The summed E-state index contributed by atoms with van der Waals surface area (Å²) in [6.45, 7) is 1.72. The molecule has 0 fully saturated rings. The van der Waals surface area contributed by atoms with Gasteiger partial charge in [0.05, 0.1) is 0 Å². The molecule has 7 heteroatoms. The molecule has 4 N–H and O–H groups in total. The van der Waals surface area contributed by atoms with Gasteiger partial charge in [-0.15, -0.1) is 10.2 Å². The third-order valence-corrected chi connectivity index (χ3v) is 1.51. The average molecular weight is 182 g/mol. The number of nitrogens with zero attached hydrogens (tertiary/aromatic N) is 4. The lowest BCUT2D eigenvalue weighted by Crippen LogP contribution is -2.24. The van der Waals surface area contributed by atoms with Crippen molar-refractivity contribution in [2.75, 3.05) is 0 Å². The Morgan fingerprint density at radius 3 is 2.46 bits per heavy atom. The first-order valence-electron chi connectivity index (χ1n) is 3.52. The quantitative estimate of drug-likeness (QED) is 0.407. The van der Waals surface area contributed by atoms with Gasteiger partial charge >= 0.3 is 5.91 Å². The van der Waals surface area contributed by atoms with Gasteiger partial charge in [-0.3, -0.25) is 4.79 Å². The highest BCUT2D eigenvalue weighted by Gasteiger charge is 2.13. The maximum absolute atomic E-state index is 11.2. The van der Waals surface area contributed by atoms with E-state index in [0.29, 0.717) is 5.82 Å². The largest absolute Gasteiger partial charge is 0.370 e. The third kappa shape index (κ3) is 1.81. The Morgan fingerprint density at radius 1 is 1.46 bits per heavy atom. The fraction of sp³-hybridized carbons (Fsp3) is 0.333. The molecular weight excluding hydrogens is 172 g/mol. The van der Waals surface area contributed by atoms with Crippen molar-refractivity contribution in [2.24, 2.45) is 23.5 Å². The van der Waals surface area contributed by atoms with Crippen molar-refractivity contribution in [3.05, 3.63) is 11.6 Å². The lowest BCUT2D eigenvalue weighted by molar-refractivity contribution is 0.0989. The van der Waals surface area contributed by atoms with Gasteiger partial charge < -0.3 is 16.0 Å². The molecule has 1 heterocycles. The van der Waals surface area contributed by atoms with Gasteiger partial charge in [-0.1, -0.05) is 0 Å². The smallest absolute Gasteiger partial charge is 0.318 e. The van der Waals surface area contributed by atoms with Gasteiger partial charge in [0.1, 0.15) is 5.82 Å². The van der Waals surface area contributed by atoms with Crippen LogP contribution < -0.4 is 11.5 Å². The van der Waals surface area contributed by atoms with Crippen LogP contribution in [0.5, 0.6) is 0 Å². The molecule has 13 heavy (non-hydrogen) atoms. The first kappa shape index (κ1) is 9.17. The molecule has 1 amide bonds. The molecule has 0 aliphatic carbocycles. The highest BCUT2D eigenvalue weighted by Crippen LogP contribution is 1.98. The van der Waals surface area contributed by atoms with Crippen LogP contribution in [0.2, 0.25) is 0 Å². The number of amides is 1. The number of carbonyl (C=O) groups excluding carboxylic acids is 1. The monoisotopic (exact) mass is 182 g/mol. The molecule has 0 atom stereocenters. The maximum atomic E-state index is 11.2. The number of rotatable bonds is 1. The second-order valence-corrected chi connectivity index (χ2v) is 2.47. The van der Waals surface area contributed by atoms with Crippen LogP contribution >= 0.6 is 0 Å². The highest BCUT2D eigenvalue weighted by atomic mass is 16.1. The Balaban J connectivity index is 3.03. The third-order valence-electron chi connectivity index (χ3n) is 1.51. The molecule has 0 bridgehead atoms. The first-order valence-corrected chi connectivity index (χ1v) is 3.52. The van der Waals surface area contributed by atoms with Crippen molar-refractivity contribution in [3.63, 3.8) is 0 Å². The highest BCUT2D eigenvalue weighted by molar-refractivity contribution is 5.99. The van der Waals surface area contributed by atoms with E-state index in [1.807, 2.05) is 0 Å². The van der Waals surface area contributed by atoms with Gasteiger partial charge in [0.25, 0.3) is 0 Å². The summed E-state index contributed by atoms with van der Waals surface area (Å²) in [5.41, 5.74) is 10.1. The number of aryl methyl sites for hydroxylation is 1. The standard InChI is InChI=1S/C6H10N6O/c1-3-10-11-4(12(3)2)5(13)9-6(7)8/h1-2H3,(H4,7,8,9,13). The first-order chi connectivity index (χ1) is 6.02. The molecule has 0 spiro atoms. The van der Waals surface area contributed by atoms with E-state index in [0.717, 1.165) is 0 Å². The van der Waals surface area contributed by atoms with Crippen LogP contribution in [-0.4, -0.2) is 26.6 Å². The predicted molar refractivity (Wildman–Crippen MR) is 45.9 cm³/mol. The molecule has 0 saturated carbocycles. The summed E-state index contributed by atoms with van der Waals surface area (Å²) in [7, 11) is 1.66. The zero-order chi connectivity index (χ0) is 10.0. The van der Waals surface area contributed by atoms with Crippen molar-refractivity contribution in [3.8, 4) is 0 Å². The van der Waals surface area contributed by atoms with E-state index in [1.165, 1.54) is 4.57 Å². The van der Waals surface area contributed by atoms with Crippen molar-refractivity contribution in [2.45, 2.75) is 6.92 Å². The van der Waals surface area contributed by atoms with Crippen molar-refractivity contribution in [1.82, 2.24) is 14.8 Å². The van der Waals surface area contributed by atoms with E-state index in [4.69, 9.17) is 11.5 Å². The van der Waals surface area contributed by atoms with Gasteiger partial charge in [-0.2, -0.15) is 4.99 Å². The van der Waals surface area contributed by atoms with Gasteiger partial charge in [-0.25, -0.2) is 0 Å². The van der Waals surface area contributed by atoms with Crippen LogP contribution in [0, 0.1) is 6.92 Å². The summed E-state index contributed by atoms with van der Waals surface area (Å²) in [4.78, 5) is 14.6. The molecule has 1 aromatic heterocycles. The Kier molecular flexibility index (Phi) is 2.27. The van der Waals surface area contributed by atoms with Crippen molar-refractivity contribution in [1.29, 1.82) is 0 Å². The second kappa shape index (κ2) is 3.21. The Hall–Kier alpha value is -1.92. The Bertz CT molecular complexity index is 361. The van der Waals surface area contributed by atoms with E-state index in [-0.39, 0.29) is 11.8 Å². The van der Waals surface area contributed by atoms with Crippen molar-refractivity contribution < 1.29 is 4.79 Å². The SMILES string of the molecule is Cc1nnc(C(=O)N=C(N)N)n1C. The van der Waals surface area contributed by atoms with Gasteiger partial charge in [0.2, 0.25) is 5.82 Å². The number of nitrogens with two attached hydrogens (primary N) is 2. The number of hydrogen-bond donors (Lipinski definition) is 2. The van der Waals surface area contributed by atoms with Crippen LogP contribution in [0.25, 0.3) is 0 Å². The lowest BCUT2D eigenvalue weighted by Gasteiger charge is -1.95. The van der Waals surface area contributed by atoms with E-state index in [2.05, 4.69) is 15.2 Å². The minimum atomic E-state index is -0.594.